The molecule has 0 aliphatic rings. The van der Waals surface area contributed by atoms with Crippen molar-refractivity contribution in [3.8, 4) is 0 Å². The molecule has 0 amide bonds. The van der Waals surface area contributed by atoms with Gasteiger partial charge in [0.1, 0.15) is 0 Å². The summed E-state index contributed by atoms with van der Waals surface area (Å²) >= 11 is 0. The summed E-state index contributed by atoms with van der Waals surface area (Å²) in [5.74, 6) is -0.782. The number of carboxylic acids is 1. The van der Waals surface area contributed by atoms with E-state index in [1.165, 1.54) is 0 Å². The van der Waals surface area contributed by atoms with Crippen molar-refractivity contribution in [3.05, 3.63) is 0 Å². The maximum Gasteiger partial charge on any atom is 0.307 e. The Bertz CT molecular complexity index is 74.5. The molecule has 0 bridgehead atoms. The van der Waals surface area contributed by atoms with E-state index in [4.69, 9.17) is 5.11 Å². The highest BCUT2D eigenvalue weighted by molar-refractivity contribution is 7.18. The van der Waals surface area contributed by atoms with Gasteiger partial charge in [-0.2, -0.15) is 0 Å². The molecule has 4 nitrogen and oxygen atoms in total. The molecular weight excluding hydrogens is 153 g/mol. The third kappa shape index (κ3) is 110. The van der Waals surface area contributed by atoms with E-state index in [-0.39, 0.29) is 11.6 Å². The number of carbonyl (C=O) groups is 1. The van der Waals surface area contributed by atoms with E-state index in [1.54, 1.807) is 0 Å². The van der Waals surface area contributed by atoms with Crippen molar-refractivity contribution in [1.82, 2.24) is 4.90 Å². The smallest absolute Gasteiger partial charge is 0.307 e. The zero-order chi connectivity index (χ0) is 7.86. The molecule has 10 heavy (non-hydrogen) atoms. The molecule has 0 aromatic rings. The Kier molecular flexibility index (Phi) is 19.0. The molecule has 0 aliphatic carbocycles. The van der Waals surface area contributed by atoms with Gasteiger partial charge in [0.15, 0.2) is 0 Å². The predicted octanol–water partition coefficient (Wildman–Crippen LogP) is -0.701. The van der Waals surface area contributed by atoms with E-state index in [9.17, 15) is 4.79 Å². The fourth-order valence-electron chi connectivity index (χ4n) is 0. The second-order valence-electron chi connectivity index (χ2n) is 1.94. The Hall–Kier alpha value is -0.180. The van der Waals surface area contributed by atoms with Gasteiger partial charge in [-0.1, -0.05) is 0 Å². The SMILES string of the molecule is CN(C)C.O.O=C(O)CP. The third-order valence-corrected chi connectivity index (χ3v) is 0.524. The summed E-state index contributed by atoms with van der Waals surface area (Å²) in [6, 6.07) is 0. The van der Waals surface area contributed by atoms with Gasteiger partial charge >= 0.3 is 5.97 Å². The molecule has 0 rings (SSSR count). The van der Waals surface area contributed by atoms with Crippen LogP contribution in [0.1, 0.15) is 0 Å². The summed E-state index contributed by atoms with van der Waals surface area (Å²) in [7, 11) is 8.09. The lowest BCUT2D eigenvalue weighted by molar-refractivity contribution is -0.133. The van der Waals surface area contributed by atoms with E-state index in [2.05, 4.69) is 9.24 Å². The highest BCUT2D eigenvalue weighted by atomic mass is 31.0. The van der Waals surface area contributed by atoms with Gasteiger partial charge < -0.3 is 15.5 Å². The second-order valence-corrected chi connectivity index (χ2v) is 2.35. The van der Waals surface area contributed by atoms with Gasteiger partial charge in [-0.05, 0) is 21.1 Å². The molecule has 5 heteroatoms. The van der Waals surface area contributed by atoms with Gasteiger partial charge in [-0.3, -0.25) is 4.79 Å². The first-order valence-electron chi connectivity index (χ1n) is 2.53. The van der Waals surface area contributed by atoms with Crippen LogP contribution in [0.2, 0.25) is 0 Å². The van der Waals surface area contributed by atoms with Crippen LogP contribution >= 0.6 is 9.24 Å². The zero-order valence-electron chi connectivity index (χ0n) is 6.59. The molecule has 0 fully saturated rings. The van der Waals surface area contributed by atoms with E-state index in [0.717, 1.165) is 0 Å². The molecule has 1 atom stereocenters. The fourth-order valence-corrected chi connectivity index (χ4v) is 0. The monoisotopic (exact) mass is 169 g/mol. The number of nitrogens with zero attached hydrogens (tertiary/aromatic N) is 1. The minimum atomic E-state index is -0.782. The van der Waals surface area contributed by atoms with Crippen molar-refractivity contribution in [3.63, 3.8) is 0 Å². The van der Waals surface area contributed by atoms with Crippen molar-refractivity contribution in [1.29, 1.82) is 0 Å². The maximum absolute atomic E-state index is 9.35. The first-order valence-corrected chi connectivity index (χ1v) is 3.35. The summed E-state index contributed by atoms with van der Waals surface area (Å²) in [6.45, 7) is 0. The lowest BCUT2D eigenvalue weighted by Gasteiger charge is -1.90. The minimum Gasteiger partial charge on any atom is -0.481 e. The number of rotatable bonds is 1. The van der Waals surface area contributed by atoms with Crippen molar-refractivity contribution in [2.24, 2.45) is 0 Å². The van der Waals surface area contributed by atoms with Gasteiger partial charge in [0, 0.05) is 0 Å². The summed E-state index contributed by atoms with van der Waals surface area (Å²) < 4.78 is 0. The van der Waals surface area contributed by atoms with Crippen LogP contribution < -0.4 is 0 Å². The molecule has 0 saturated carbocycles. The van der Waals surface area contributed by atoms with Gasteiger partial charge in [0.2, 0.25) is 0 Å². The Labute approximate surface area is 63.7 Å². The van der Waals surface area contributed by atoms with Crippen LogP contribution in [0.5, 0.6) is 0 Å². The molecular formula is C5H16NO3P. The number of aliphatic carboxylic acids is 1. The summed E-state index contributed by atoms with van der Waals surface area (Å²) in [6.07, 6.45) is 0.139. The summed E-state index contributed by atoms with van der Waals surface area (Å²) in [5, 5.41) is 7.70. The maximum atomic E-state index is 9.35. The number of carboxylic acid groups (broad SMARTS) is 1. The Balaban J connectivity index is -0.0000000910. The first kappa shape index (κ1) is 16.4. The minimum absolute atomic E-state index is 0. The highest BCUT2D eigenvalue weighted by Gasteiger charge is 1.81. The van der Waals surface area contributed by atoms with Crippen LogP contribution in [0, 0.1) is 0 Å². The van der Waals surface area contributed by atoms with E-state index in [0.29, 0.717) is 0 Å². The first-order chi connectivity index (χ1) is 4.00. The van der Waals surface area contributed by atoms with Crippen LogP contribution in [0.25, 0.3) is 0 Å². The Morgan fingerprint density at radius 3 is 1.60 bits per heavy atom. The number of hydrogen-bond acceptors (Lipinski definition) is 2. The van der Waals surface area contributed by atoms with Gasteiger partial charge in [0.05, 0.1) is 6.16 Å². The van der Waals surface area contributed by atoms with E-state index in [1.807, 2.05) is 26.0 Å². The van der Waals surface area contributed by atoms with E-state index < -0.39 is 5.97 Å². The second kappa shape index (κ2) is 11.6. The Morgan fingerprint density at radius 1 is 1.50 bits per heavy atom. The standard InChI is InChI=1S/C3H9N.C2H5O2P.H2O/c1-4(2)3;3-2(4)1-5;/h1-3H3;1,5H2,(H,3,4);1H2. The van der Waals surface area contributed by atoms with Crippen LogP contribution in [-0.2, 0) is 4.79 Å². The van der Waals surface area contributed by atoms with E-state index >= 15 is 0 Å². The largest absolute Gasteiger partial charge is 0.481 e. The van der Waals surface area contributed by atoms with Crippen LogP contribution in [0.15, 0.2) is 0 Å². The van der Waals surface area contributed by atoms with Crippen molar-refractivity contribution in [2.45, 2.75) is 0 Å². The molecule has 0 radical (unpaired) electrons. The molecule has 0 aromatic heterocycles. The average molecular weight is 169 g/mol. The molecule has 0 aromatic carbocycles. The zero-order valence-corrected chi connectivity index (χ0v) is 7.74. The van der Waals surface area contributed by atoms with Crippen LogP contribution in [-0.4, -0.2) is 48.8 Å². The molecule has 3 N–H and O–H groups in total. The quantitative estimate of drug-likeness (QED) is 0.527. The fraction of sp³-hybridized carbons (Fsp3) is 0.800. The third-order valence-electron chi connectivity index (χ3n) is 0.175. The van der Waals surface area contributed by atoms with Crippen molar-refractivity contribution < 1.29 is 15.4 Å². The van der Waals surface area contributed by atoms with Crippen molar-refractivity contribution in [2.75, 3.05) is 27.3 Å². The molecule has 0 saturated heterocycles. The average Bonchev–Trinajstić information content (AvgIpc) is 1.65. The highest BCUT2D eigenvalue weighted by Crippen LogP contribution is 1.74. The molecule has 0 heterocycles. The Morgan fingerprint density at radius 2 is 1.60 bits per heavy atom. The molecule has 0 spiro atoms. The molecule has 0 aliphatic heterocycles. The van der Waals surface area contributed by atoms with Crippen LogP contribution in [0.3, 0.4) is 0 Å². The lowest BCUT2D eigenvalue weighted by atomic mass is 10.8. The number of hydrogen-bond donors (Lipinski definition) is 1. The normalized spacial score (nSPS) is 7.30. The summed E-state index contributed by atoms with van der Waals surface area (Å²) in [4.78, 5) is 11.3. The summed E-state index contributed by atoms with van der Waals surface area (Å²) in [5.41, 5.74) is 0. The van der Waals surface area contributed by atoms with Crippen molar-refractivity contribution >= 4 is 15.2 Å². The van der Waals surface area contributed by atoms with Gasteiger partial charge in [-0.15, -0.1) is 9.24 Å². The van der Waals surface area contributed by atoms with Crippen LogP contribution in [0.4, 0.5) is 0 Å². The van der Waals surface area contributed by atoms with Gasteiger partial charge in [-0.25, -0.2) is 0 Å². The topological polar surface area (TPSA) is 72.0 Å². The predicted molar refractivity (Wildman–Crippen MR) is 45.4 cm³/mol. The molecule has 64 valence electrons. The van der Waals surface area contributed by atoms with Gasteiger partial charge in [0.25, 0.3) is 0 Å². The lowest BCUT2D eigenvalue weighted by Crippen LogP contribution is -1.99. The molecule has 1 unspecified atom stereocenters.